The average molecular weight is 224 g/mol. The van der Waals surface area contributed by atoms with Crippen LogP contribution in [0.4, 0.5) is 8.78 Å². The highest BCUT2D eigenvalue weighted by atomic mass is 19.3. The minimum Gasteiger partial charge on any atom is -0.298 e. The van der Waals surface area contributed by atoms with Crippen LogP contribution in [0.5, 0.6) is 0 Å². The first kappa shape index (κ1) is 12.6. The van der Waals surface area contributed by atoms with E-state index in [9.17, 15) is 13.6 Å². The van der Waals surface area contributed by atoms with Crippen molar-refractivity contribution in [1.29, 1.82) is 0 Å². The van der Waals surface area contributed by atoms with Crippen LogP contribution in [0.2, 0.25) is 0 Å². The van der Waals surface area contributed by atoms with Gasteiger partial charge in [-0.15, -0.1) is 0 Å². The fraction of sp³-hybridized carbons (Fsp3) is 0.308. The van der Waals surface area contributed by atoms with Crippen LogP contribution in [0.15, 0.2) is 30.3 Å². The van der Waals surface area contributed by atoms with Gasteiger partial charge in [-0.3, -0.25) is 4.79 Å². The lowest BCUT2D eigenvalue weighted by atomic mass is 9.97. The highest BCUT2D eigenvalue weighted by molar-refractivity contribution is 5.85. The first-order chi connectivity index (χ1) is 7.70. The fourth-order valence-corrected chi connectivity index (χ4v) is 1.56. The molecule has 0 unspecified atom stereocenters. The third kappa shape index (κ3) is 2.99. The summed E-state index contributed by atoms with van der Waals surface area (Å²) in [6.45, 7) is 1.94. The van der Waals surface area contributed by atoms with E-state index in [4.69, 9.17) is 0 Å². The van der Waals surface area contributed by atoms with Crippen molar-refractivity contribution in [3.8, 4) is 0 Å². The number of allylic oxidation sites excluding steroid dienone is 1. The van der Waals surface area contributed by atoms with Crippen molar-refractivity contribution in [2.45, 2.75) is 26.2 Å². The zero-order valence-corrected chi connectivity index (χ0v) is 9.17. The summed E-state index contributed by atoms with van der Waals surface area (Å²) in [5.41, 5.74) is 0.664. The Balaban J connectivity index is 3.12. The molecule has 1 rings (SSSR count). The van der Waals surface area contributed by atoms with Crippen molar-refractivity contribution in [2.75, 3.05) is 0 Å². The average Bonchev–Trinajstić information content (AvgIpc) is 2.29. The number of aldehydes is 1. The van der Waals surface area contributed by atoms with Gasteiger partial charge in [0.25, 0.3) is 6.08 Å². The van der Waals surface area contributed by atoms with Crippen LogP contribution in [-0.4, -0.2) is 6.29 Å². The van der Waals surface area contributed by atoms with Gasteiger partial charge >= 0.3 is 0 Å². The number of benzene rings is 1. The molecule has 0 aliphatic rings. The van der Waals surface area contributed by atoms with E-state index < -0.39 is 6.08 Å². The summed E-state index contributed by atoms with van der Waals surface area (Å²) >= 11 is 0. The third-order valence-electron chi connectivity index (χ3n) is 2.42. The molecule has 0 aliphatic carbocycles. The van der Waals surface area contributed by atoms with Crippen molar-refractivity contribution in [3.05, 3.63) is 41.5 Å². The highest BCUT2D eigenvalue weighted by Gasteiger charge is 2.12. The molecular weight excluding hydrogens is 210 g/mol. The lowest BCUT2D eigenvalue weighted by Crippen LogP contribution is -1.93. The van der Waals surface area contributed by atoms with Crippen LogP contribution in [0, 0.1) is 0 Å². The second-order valence-electron chi connectivity index (χ2n) is 3.55. The molecule has 0 aromatic heterocycles. The lowest BCUT2D eigenvalue weighted by molar-refractivity contribution is 0.112. The van der Waals surface area contributed by atoms with Crippen molar-refractivity contribution in [1.82, 2.24) is 0 Å². The van der Waals surface area contributed by atoms with Crippen molar-refractivity contribution in [3.63, 3.8) is 0 Å². The van der Waals surface area contributed by atoms with Gasteiger partial charge in [0.1, 0.15) is 0 Å². The van der Waals surface area contributed by atoms with Crippen LogP contribution < -0.4 is 0 Å². The number of unbranched alkanes of at least 4 members (excludes halogenated alkanes) is 1. The molecule has 0 saturated heterocycles. The molecule has 0 spiro atoms. The first-order valence-electron chi connectivity index (χ1n) is 5.29. The Kier molecular flexibility index (Phi) is 4.83. The van der Waals surface area contributed by atoms with Crippen LogP contribution in [-0.2, 0) is 0 Å². The van der Waals surface area contributed by atoms with Gasteiger partial charge in [0.2, 0.25) is 0 Å². The molecular formula is C13H14F2O. The Morgan fingerprint density at radius 2 is 2.00 bits per heavy atom. The predicted molar refractivity (Wildman–Crippen MR) is 60.5 cm³/mol. The van der Waals surface area contributed by atoms with E-state index in [1.54, 1.807) is 24.3 Å². The number of hydrogen-bond donors (Lipinski definition) is 0. The van der Waals surface area contributed by atoms with Gasteiger partial charge in [-0.2, -0.15) is 8.78 Å². The molecule has 0 fully saturated rings. The zero-order valence-electron chi connectivity index (χ0n) is 9.17. The van der Waals surface area contributed by atoms with E-state index in [1.807, 2.05) is 6.92 Å². The predicted octanol–water partition coefficient (Wildman–Crippen LogP) is 4.30. The Morgan fingerprint density at radius 1 is 1.31 bits per heavy atom. The third-order valence-corrected chi connectivity index (χ3v) is 2.42. The van der Waals surface area contributed by atoms with E-state index in [2.05, 4.69) is 0 Å². The maximum Gasteiger partial charge on any atom is 0.274 e. The van der Waals surface area contributed by atoms with Crippen molar-refractivity contribution < 1.29 is 13.6 Å². The summed E-state index contributed by atoms with van der Waals surface area (Å²) in [4.78, 5) is 10.8. The lowest BCUT2D eigenvalue weighted by Gasteiger charge is -2.08. The molecule has 0 N–H and O–H groups in total. The van der Waals surface area contributed by atoms with E-state index in [1.165, 1.54) is 0 Å². The highest BCUT2D eigenvalue weighted by Crippen LogP contribution is 2.28. The van der Waals surface area contributed by atoms with Crippen LogP contribution >= 0.6 is 0 Å². The molecule has 0 bridgehead atoms. The molecule has 0 aliphatic heterocycles. The Hall–Kier alpha value is -1.51. The summed E-state index contributed by atoms with van der Waals surface area (Å²) in [5, 5.41) is 0. The van der Waals surface area contributed by atoms with Gasteiger partial charge in [-0.05, 0) is 18.4 Å². The molecule has 16 heavy (non-hydrogen) atoms. The van der Waals surface area contributed by atoms with E-state index in [-0.39, 0.29) is 5.57 Å². The van der Waals surface area contributed by atoms with Gasteiger partial charge in [-0.1, -0.05) is 37.6 Å². The van der Waals surface area contributed by atoms with E-state index >= 15 is 0 Å². The van der Waals surface area contributed by atoms with Gasteiger partial charge in [-0.25, -0.2) is 0 Å². The number of rotatable bonds is 5. The molecule has 0 heterocycles. The maximum absolute atomic E-state index is 12.8. The SMILES string of the molecule is CCCCC(=C(F)F)c1ccccc1C=O. The minimum atomic E-state index is -1.69. The van der Waals surface area contributed by atoms with Crippen molar-refractivity contribution in [2.24, 2.45) is 0 Å². The molecule has 1 aromatic carbocycles. The van der Waals surface area contributed by atoms with Gasteiger partial charge in [0.05, 0.1) is 0 Å². The van der Waals surface area contributed by atoms with Crippen LogP contribution in [0.25, 0.3) is 5.57 Å². The standard InChI is InChI=1S/C13H14F2O/c1-2-3-7-12(13(14)15)11-8-5-4-6-10(11)9-16/h4-6,8-9H,2-3,7H2,1H3. The Morgan fingerprint density at radius 3 is 2.56 bits per heavy atom. The molecule has 86 valence electrons. The smallest absolute Gasteiger partial charge is 0.274 e. The zero-order chi connectivity index (χ0) is 12.0. The van der Waals surface area contributed by atoms with E-state index in [0.29, 0.717) is 30.3 Å². The molecule has 3 heteroatoms. The van der Waals surface area contributed by atoms with Gasteiger partial charge in [0.15, 0.2) is 6.29 Å². The first-order valence-corrected chi connectivity index (χ1v) is 5.29. The summed E-state index contributed by atoms with van der Waals surface area (Å²) < 4.78 is 25.6. The molecule has 0 saturated carbocycles. The number of hydrogen-bond acceptors (Lipinski definition) is 1. The fourth-order valence-electron chi connectivity index (χ4n) is 1.56. The monoisotopic (exact) mass is 224 g/mol. The quantitative estimate of drug-likeness (QED) is 0.681. The summed E-state index contributed by atoms with van der Waals surface area (Å²) in [6.07, 6.45) is 0.774. The number of halogens is 2. The summed E-state index contributed by atoms with van der Waals surface area (Å²) in [7, 11) is 0. The van der Waals surface area contributed by atoms with Crippen LogP contribution in [0.1, 0.15) is 42.1 Å². The van der Waals surface area contributed by atoms with Crippen molar-refractivity contribution >= 4 is 11.9 Å². The second-order valence-corrected chi connectivity index (χ2v) is 3.55. The largest absolute Gasteiger partial charge is 0.298 e. The Bertz CT molecular complexity index is 393. The van der Waals surface area contributed by atoms with Gasteiger partial charge in [0, 0.05) is 11.1 Å². The molecule has 1 nitrogen and oxygen atoms in total. The normalized spacial score (nSPS) is 9.94. The topological polar surface area (TPSA) is 17.1 Å². The summed E-state index contributed by atoms with van der Waals surface area (Å²) in [5.74, 6) is 0. The minimum absolute atomic E-state index is 0.00968. The van der Waals surface area contributed by atoms with Gasteiger partial charge < -0.3 is 0 Å². The summed E-state index contributed by atoms with van der Waals surface area (Å²) in [6, 6.07) is 6.45. The Labute approximate surface area is 93.8 Å². The van der Waals surface area contributed by atoms with Crippen LogP contribution in [0.3, 0.4) is 0 Å². The number of carbonyl (C=O) groups is 1. The van der Waals surface area contributed by atoms with E-state index in [0.717, 1.165) is 6.42 Å². The molecule has 0 radical (unpaired) electrons. The molecule has 0 amide bonds. The number of carbonyl (C=O) groups excluding carboxylic acids is 1. The molecule has 1 aromatic rings. The second kappa shape index (κ2) is 6.16. The molecule has 0 atom stereocenters. The maximum atomic E-state index is 12.8.